The molecule has 1 nitrogen and oxygen atoms in total. The van der Waals surface area contributed by atoms with Crippen LogP contribution in [0.5, 0.6) is 0 Å². The Morgan fingerprint density at radius 2 is 1.78 bits per heavy atom. The van der Waals surface area contributed by atoms with Crippen molar-refractivity contribution in [1.82, 2.24) is 0 Å². The lowest BCUT2D eigenvalue weighted by Gasteiger charge is -1.94. The van der Waals surface area contributed by atoms with Crippen LogP contribution in [0.2, 0.25) is 0 Å². The second kappa shape index (κ2) is 16.2. The average molecular weight is 276 g/mol. The molecular weight excluding hydrogens is 263 g/mol. The van der Waals surface area contributed by atoms with E-state index < -0.39 is 0 Å². The number of hydrogen-bond acceptors (Lipinski definition) is 1. The second-order valence-corrected chi connectivity index (χ2v) is 1.91. The van der Waals surface area contributed by atoms with E-state index in [-0.39, 0.29) is 34.0 Å². The minimum atomic E-state index is 0. The third kappa shape index (κ3) is 17.7. The van der Waals surface area contributed by atoms with Crippen molar-refractivity contribution in [2.24, 2.45) is 0 Å². The lowest BCUT2D eigenvalue weighted by Crippen LogP contribution is -1.87. The Hall–Kier alpha value is 1.45. The fraction of sp³-hybridized carbons (Fsp3) is 1.00. The van der Waals surface area contributed by atoms with Crippen molar-refractivity contribution in [2.75, 3.05) is 6.61 Å². The van der Waals surface area contributed by atoms with Crippen molar-refractivity contribution in [2.45, 2.75) is 26.2 Å². The Morgan fingerprint density at radius 3 is 2.11 bits per heavy atom. The maximum absolute atomic E-state index is 4.76. The molecule has 0 aliphatic heterocycles. The van der Waals surface area contributed by atoms with E-state index in [1.165, 1.54) is 19.3 Å². The van der Waals surface area contributed by atoms with Crippen LogP contribution in [0.25, 0.3) is 0 Å². The molecule has 0 aliphatic carbocycles. The van der Waals surface area contributed by atoms with Gasteiger partial charge in [-0.15, -0.1) is 34.0 Å². The number of unbranched alkanes of at least 4 members (excludes halogenated alkanes) is 2. The van der Waals surface area contributed by atoms with Gasteiger partial charge in [-0.2, -0.15) is 0 Å². The molecule has 0 fully saturated rings. The van der Waals surface area contributed by atoms with Gasteiger partial charge in [0, 0.05) is 6.61 Å². The number of halogens is 2. The second-order valence-electron chi connectivity index (χ2n) is 1.58. The minimum absolute atomic E-state index is 0. The maximum atomic E-state index is 4.76. The van der Waals surface area contributed by atoms with E-state index in [4.69, 9.17) is 3.79 Å². The molecule has 0 unspecified atom stereocenters. The van der Waals surface area contributed by atoms with E-state index in [0.29, 0.717) is 0 Å². The van der Waals surface area contributed by atoms with Crippen molar-refractivity contribution in [3.05, 3.63) is 0 Å². The first-order chi connectivity index (χ1) is 3.41. The summed E-state index contributed by atoms with van der Waals surface area (Å²) < 4.78 is 4.76. The highest BCUT2D eigenvalue weighted by atomic mass is 79.9. The lowest BCUT2D eigenvalue weighted by atomic mass is 10.3. The highest BCUT2D eigenvalue weighted by Crippen LogP contribution is 1.91. The summed E-state index contributed by atoms with van der Waals surface area (Å²) in [6, 6.07) is 0. The molecule has 0 amide bonds. The van der Waals surface area contributed by atoms with Gasteiger partial charge in [-0.25, -0.2) is 0 Å². The van der Waals surface area contributed by atoms with Crippen LogP contribution in [0, 0.1) is 0 Å². The van der Waals surface area contributed by atoms with Crippen molar-refractivity contribution >= 4 is 50.6 Å². The van der Waals surface area contributed by atoms with E-state index in [1.54, 1.807) is 0 Å². The zero-order valence-corrected chi connectivity index (χ0v) is 10.2. The monoisotopic (exact) mass is 274 g/mol. The summed E-state index contributed by atoms with van der Waals surface area (Å²) in [5.41, 5.74) is 0. The summed E-state index contributed by atoms with van der Waals surface area (Å²) >= 11 is 2.25. The summed E-state index contributed by atoms with van der Waals surface area (Å²) in [5, 5.41) is 0. The summed E-state index contributed by atoms with van der Waals surface area (Å²) in [5.74, 6) is 0. The molecular formula is C5H13AlBr2O. The van der Waals surface area contributed by atoms with Gasteiger partial charge in [0.05, 0.1) is 0 Å². The Balaban J connectivity index is -0.000000180. The summed E-state index contributed by atoms with van der Waals surface area (Å²) in [4.78, 5) is 0. The van der Waals surface area contributed by atoms with Gasteiger partial charge in [-0.05, 0) is 6.42 Å². The Morgan fingerprint density at radius 1 is 1.22 bits per heavy atom. The molecule has 0 saturated heterocycles. The third-order valence-electron chi connectivity index (χ3n) is 0.866. The van der Waals surface area contributed by atoms with Gasteiger partial charge >= 0.3 is 16.6 Å². The molecule has 4 heteroatoms. The predicted molar refractivity (Wildman–Crippen MR) is 51.9 cm³/mol. The van der Waals surface area contributed by atoms with Crippen LogP contribution in [0.3, 0.4) is 0 Å². The summed E-state index contributed by atoms with van der Waals surface area (Å²) in [6.07, 6.45) is 3.75. The Kier molecular flexibility index (Phi) is 30.3. The summed E-state index contributed by atoms with van der Waals surface area (Å²) in [6.45, 7) is 3.07. The van der Waals surface area contributed by atoms with Crippen molar-refractivity contribution in [3.8, 4) is 0 Å². The van der Waals surface area contributed by atoms with Gasteiger partial charge in [-0.3, -0.25) is 0 Å². The molecule has 0 aromatic carbocycles. The molecule has 0 rings (SSSR count). The predicted octanol–water partition coefficient (Wildman–Crippen LogP) is 2.43. The molecule has 0 spiro atoms. The SMILES string of the molecule is Br.Br.CCCCC[O][Al]. The van der Waals surface area contributed by atoms with Crippen LogP contribution in [0.15, 0.2) is 0 Å². The fourth-order valence-corrected chi connectivity index (χ4v) is 0.602. The smallest absolute Gasteiger partial charge is 0.369 e. The number of rotatable bonds is 4. The van der Waals surface area contributed by atoms with Gasteiger partial charge in [-0.1, -0.05) is 19.8 Å². The Bertz CT molecular complexity index is 34.1. The summed E-state index contributed by atoms with van der Waals surface area (Å²) in [7, 11) is 0. The maximum Gasteiger partial charge on any atom is 0.369 e. The lowest BCUT2D eigenvalue weighted by molar-refractivity contribution is 0.335. The third-order valence-corrected chi connectivity index (χ3v) is 1.10. The van der Waals surface area contributed by atoms with E-state index in [9.17, 15) is 0 Å². The molecule has 0 heterocycles. The van der Waals surface area contributed by atoms with E-state index in [1.807, 2.05) is 0 Å². The van der Waals surface area contributed by atoms with Gasteiger partial charge in [0.25, 0.3) is 0 Å². The Labute approximate surface area is 86.8 Å². The molecule has 2 radical (unpaired) electrons. The molecule has 0 N–H and O–H groups in total. The van der Waals surface area contributed by atoms with Gasteiger partial charge < -0.3 is 3.79 Å². The van der Waals surface area contributed by atoms with Crippen LogP contribution >= 0.6 is 34.0 Å². The van der Waals surface area contributed by atoms with E-state index in [0.717, 1.165) is 6.61 Å². The zero-order chi connectivity index (χ0) is 5.54. The molecule has 0 bridgehead atoms. The molecule has 56 valence electrons. The van der Waals surface area contributed by atoms with Crippen LogP contribution in [0.4, 0.5) is 0 Å². The quantitative estimate of drug-likeness (QED) is 0.566. The fourth-order valence-electron chi connectivity index (χ4n) is 0.435. The topological polar surface area (TPSA) is 9.23 Å². The van der Waals surface area contributed by atoms with E-state index in [2.05, 4.69) is 23.5 Å². The minimum Gasteiger partial charge on any atom is -0.516 e. The van der Waals surface area contributed by atoms with Crippen molar-refractivity contribution in [3.63, 3.8) is 0 Å². The first-order valence-corrected chi connectivity index (χ1v) is 3.20. The van der Waals surface area contributed by atoms with Gasteiger partial charge in [0.2, 0.25) is 0 Å². The molecule has 0 atom stereocenters. The standard InChI is InChI=1S/C5H11O.Al.2BrH/c1-2-3-4-5-6;;;/h2-5H2,1H3;;2*1H/q-1;+1;;. The van der Waals surface area contributed by atoms with Crippen molar-refractivity contribution < 1.29 is 3.79 Å². The van der Waals surface area contributed by atoms with Crippen LogP contribution < -0.4 is 0 Å². The highest BCUT2D eigenvalue weighted by Gasteiger charge is 1.79. The highest BCUT2D eigenvalue weighted by molar-refractivity contribution is 8.93. The first-order valence-electron chi connectivity index (χ1n) is 2.73. The zero-order valence-electron chi connectivity index (χ0n) is 5.63. The largest absolute Gasteiger partial charge is 0.516 e. The van der Waals surface area contributed by atoms with Crippen LogP contribution in [0.1, 0.15) is 26.2 Å². The first kappa shape index (κ1) is 16.8. The van der Waals surface area contributed by atoms with Crippen LogP contribution in [-0.2, 0) is 3.79 Å². The average Bonchev–Trinajstić information content (AvgIpc) is 1.69. The van der Waals surface area contributed by atoms with E-state index >= 15 is 0 Å². The molecule has 9 heavy (non-hydrogen) atoms. The number of hydrogen-bond donors (Lipinski definition) is 0. The van der Waals surface area contributed by atoms with Gasteiger partial charge in [0.15, 0.2) is 0 Å². The molecule has 0 aliphatic rings. The van der Waals surface area contributed by atoms with Gasteiger partial charge in [0.1, 0.15) is 0 Å². The molecule has 0 aromatic rings. The normalized spacial score (nSPS) is 7.22. The molecule has 0 saturated carbocycles. The van der Waals surface area contributed by atoms with Crippen molar-refractivity contribution in [1.29, 1.82) is 0 Å². The van der Waals surface area contributed by atoms with Crippen LogP contribution in [-0.4, -0.2) is 23.2 Å². The molecule has 0 aromatic heterocycles.